The quantitative estimate of drug-likeness (QED) is 0.243. The Morgan fingerprint density at radius 1 is 1.32 bits per heavy atom. The van der Waals surface area contributed by atoms with E-state index in [9.17, 15) is 9.00 Å². The minimum Gasteiger partial charge on any atom is -0.493 e. The smallest absolute Gasteiger partial charge is 0.379 e. The summed E-state index contributed by atoms with van der Waals surface area (Å²) in [6.45, 7) is 15.0. The summed E-state index contributed by atoms with van der Waals surface area (Å²) in [5.74, 6) is 2.28. The van der Waals surface area contributed by atoms with Gasteiger partial charge in [0.15, 0.2) is 0 Å². The van der Waals surface area contributed by atoms with Crippen LogP contribution in [-0.2, 0) is 13.1 Å². The van der Waals surface area contributed by atoms with Gasteiger partial charge < -0.3 is 4.74 Å². The molecule has 7 heteroatoms. The van der Waals surface area contributed by atoms with E-state index in [0.29, 0.717) is 45.9 Å². The minimum absolute atomic E-state index is 0.156. The molecule has 31 heavy (non-hydrogen) atoms. The molecule has 1 fully saturated rings. The number of rotatable bonds is 9. The van der Waals surface area contributed by atoms with Crippen LogP contribution in [0.3, 0.4) is 0 Å². The fraction of sp³-hybridized carbons (Fsp3) is 0.500. The standard InChI is InChI=1S/C24H33ClN2O3S/c1-7-10-17(5)27-22(18(6)16(4)8-2)24(28)26-23(27)20-15-19(31(25,29)13-14-31)11-12-21(20)30-9-3/h11-12,15-16H,5,7-10,13-14H2,1-4,6H3/p+1/b22-18-. The number of nitrogens with one attached hydrogen (secondary N) is 1. The highest BCUT2D eigenvalue weighted by Crippen LogP contribution is 2.52. The van der Waals surface area contributed by atoms with Crippen molar-refractivity contribution in [1.82, 2.24) is 5.32 Å². The first-order valence-electron chi connectivity index (χ1n) is 11.1. The number of hydrogen-bond acceptors (Lipinski definition) is 3. The lowest BCUT2D eigenvalue weighted by molar-refractivity contribution is -0.415. The Bertz CT molecular complexity index is 1060. The molecule has 2 aliphatic rings. The van der Waals surface area contributed by atoms with Crippen molar-refractivity contribution in [1.29, 1.82) is 0 Å². The lowest BCUT2D eigenvalue weighted by Gasteiger charge is -2.18. The lowest BCUT2D eigenvalue weighted by Crippen LogP contribution is -2.27. The van der Waals surface area contributed by atoms with E-state index in [1.807, 2.05) is 24.5 Å². The third-order valence-electron chi connectivity index (χ3n) is 6.23. The average Bonchev–Trinajstić information content (AvgIpc) is 3.28. The maximum absolute atomic E-state index is 13.2. The number of amidine groups is 1. The third kappa shape index (κ3) is 4.37. The lowest BCUT2D eigenvalue weighted by atomic mass is 9.97. The molecule has 1 atom stereocenters. The molecular formula is C24H34ClN2O3S+. The van der Waals surface area contributed by atoms with E-state index < -0.39 is 8.28 Å². The zero-order valence-corrected chi connectivity index (χ0v) is 20.8. The van der Waals surface area contributed by atoms with Crippen molar-refractivity contribution in [3.8, 4) is 5.75 Å². The van der Waals surface area contributed by atoms with Crippen LogP contribution in [0.15, 0.2) is 46.6 Å². The SMILES string of the molecule is C=C(CCC)[N+]1=C(c2cc(S3(=O)(Cl)CC3)ccc2OCC)NC(=O)/C1=C(\C)C(C)CC. The second-order valence-corrected chi connectivity index (χ2v) is 14.2. The first-order valence-corrected chi connectivity index (χ1v) is 14.2. The molecule has 0 bridgehead atoms. The van der Waals surface area contributed by atoms with Crippen LogP contribution in [0, 0.1) is 5.92 Å². The van der Waals surface area contributed by atoms with Gasteiger partial charge in [0.25, 0.3) is 5.84 Å². The highest BCUT2D eigenvalue weighted by atomic mass is 35.7. The van der Waals surface area contributed by atoms with Gasteiger partial charge in [-0.25, -0.2) is 10.1 Å². The van der Waals surface area contributed by atoms with Crippen molar-refractivity contribution in [3.63, 3.8) is 0 Å². The van der Waals surface area contributed by atoms with Gasteiger partial charge in [0.1, 0.15) is 17.0 Å². The Labute approximate surface area is 190 Å². The van der Waals surface area contributed by atoms with Crippen LogP contribution < -0.4 is 10.1 Å². The fourth-order valence-electron chi connectivity index (χ4n) is 3.83. The van der Waals surface area contributed by atoms with Crippen LogP contribution in [0.25, 0.3) is 0 Å². The van der Waals surface area contributed by atoms with E-state index in [4.69, 9.17) is 15.4 Å². The summed E-state index contributed by atoms with van der Waals surface area (Å²) >= 11 is 0. The van der Waals surface area contributed by atoms with Crippen molar-refractivity contribution in [2.45, 2.75) is 58.8 Å². The summed E-state index contributed by atoms with van der Waals surface area (Å²) in [7, 11) is 3.25. The Kier molecular flexibility index (Phi) is 6.55. The third-order valence-corrected chi connectivity index (χ3v) is 10.4. The number of ether oxygens (including phenoxy) is 1. The van der Waals surface area contributed by atoms with E-state index in [1.54, 1.807) is 12.1 Å². The normalized spacial score (nSPS) is 22.9. The molecule has 1 aromatic carbocycles. The molecule has 0 radical (unpaired) electrons. The zero-order chi connectivity index (χ0) is 23.0. The summed E-state index contributed by atoms with van der Waals surface area (Å²) in [5, 5.41) is 3.05. The Balaban J connectivity index is 2.30. The van der Waals surface area contributed by atoms with Gasteiger partial charge in [-0.3, -0.25) is 4.21 Å². The van der Waals surface area contributed by atoms with Crippen molar-refractivity contribution >= 4 is 30.7 Å². The zero-order valence-electron chi connectivity index (χ0n) is 19.2. The van der Waals surface area contributed by atoms with Gasteiger partial charge in [0, 0.05) is 22.8 Å². The molecule has 0 spiro atoms. The number of benzene rings is 1. The Morgan fingerprint density at radius 3 is 2.55 bits per heavy atom. The number of carbonyl (C=O) groups is 1. The second kappa shape index (κ2) is 8.55. The highest BCUT2D eigenvalue weighted by Gasteiger charge is 2.51. The van der Waals surface area contributed by atoms with E-state index >= 15 is 0 Å². The summed E-state index contributed by atoms with van der Waals surface area (Å²) in [5.41, 5.74) is 3.15. The number of carbonyl (C=O) groups excluding carboxylic acids is 1. The van der Waals surface area contributed by atoms with E-state index in [0.717, 1.165) is 30.5 Å². The topological polar surface area (TPSA) is 58.4 Å². The predicted octanol–water partition coefficient (Wildman–Crippen LogP) is 4.95. The van der Waals surface area contributed by atoms with Crippen molar-refractivity contribution in [2.75, 3.05) is 18.1 Å². The van der Waals surface area contributed by atoms with Gasteiger partial charge in [0.05, 0.1) is 6.61 Å². The molecule has 0 saturated carbocycles. The molecule has 5 nitrogen and oxygen atoms in total. The summed E-state index contributed by atoms with van der Waals surface area (Å²) in [6, 6.07) is 5.41. The molecule has 1 N–H and O–H groups in total. The molecule has 1 aromatic rings. The first-order chi connectivity index (χ1) is 14.6. The molecule has 2 heterocycles. The molecular weight excluding hydrogens is 432 g/mol. The molecule has 0 aromatic heterocycles. The van der Waals surface area contributed by atoms with E-state index in [2.05, 4.69) is 32.7 Å². The monoisotopic (exact) mass is 465 g/mol. The summed E-state index contributed by atoms with van der Waals surface area (Å²) in [4.78, 5) is 13.8. The maximum atomic E-state index is 13.2. The van der Waals surface area contributed by atoms with Crippen LogP contribution >= 0.6 is 10.7 Å². The molecule has 1 amide bonds. The van der Waals surface area contributed by atoms with Gasteiger partial charge in [-0.2, -0.15) is 4.58 Å². The van der Waals surface area contributed by atoms with Gasteiger partial charge in [-0.1, -0.05) is 27.4 Å². The molecule has 2 aliphatic heterocycles. The maximum Gasteiger partial charge on any atom is 0.379 e. The Morgan fingerprint density at radius 2 is 2.00 bits per heavy atom. The highest BCUT2D eigenvalue weighted by molar-refractivity contribution is 8.43. The number of allylic oxidation sites excluding steroid dienone is 2. The summed E-state index contributed by atoms with van der Waals surface area (Å²) in [6.07, 6.45) is 2.58. The van der Waals surface area contributed by atoms with Crippen molar-refractivity contribution in [2.24, 2.45) is 5.92 Å². The van der Waals surface area contributed by atoms with Crippen LogP contribution in [0.2, 0.25) is 0 Å². The molecule has 0 aliphatic carbocycles. The largest absolute Gasteiger partial charge is 0.493 e. The van der Waals surface area contributed by atoms with Crippen LogP contribution in [0.5, 0.6) is 5.75 Å². The number of amides is 1. The Hall–Kier alpha value is -1.92. The number of hydrogen-bond donors (Lipinski definition) is 1. The van der Waals surface area contributed by atoms with E-state index in [1.165, 1.54) is 0 Å². The first kappa shape index (κ1) is 23.7. The van der Waals surface area contributed by atoms with Crippen molar-refractivity contribution < 1.29 is 18.3 Å². The number of halogens is 1. The van der Waals surface area contributed by atoms with Crippen LogP contribution in [0.4, 0.5) is 0 Å². The van der Waals surface area contributed by atoms with E-state index in [-0.39, 0.29) is 11.8 Å². The second-order valence-electron chi connectivity index (χ2n) is 8.46. The van der Waals surface area contributed by atoms with Gasteiger partial charge in [-0.15, -0.1) is 0 Å². The average molecular weight is 466 g/mol. The number of nitrogens with zero attached hydrogens (tertiary/aromatic N) is 1. The van der Waals surface area contributed by atoms with Gasteiger partial charge in [-0.05, 0) is 75.3 Å². The minimum atomic E-state index is -3.28. The molecule has 3 rings (SSSR count). The molecule has 170 valence electrons. The van der Waals surface area contributed by atoms with Gasteiger partial charge >= 0.3 is 5.91 Å². The van der Waals surface area contributed by atoms with Crippen LogP contribution in [0.1, 0.15) is 59.4 Å². The molecule has 1 unspecified atom stereocenters. The van der Waals surface area contributed by atoms with Crippen molar-refractivity contribution in [3.05, 3.63) is 47.3 Å². The molecule has 1 saturated heterocycles. The predicted molar refractivity (Wildman–Crippen MR) is 128 cm³/mol. The summed E-state index contributed by atoms with van der Waals surface area (Å²) < 4.78 is 21.0. The van der Waals surface area contributed by atoms with Crippen LogP contribution in [-0.4, -0.2) is 38.6 Å². The van der Waals surface area contributed by atoms with Gasteiger partial charge in [0.2, 0.25) is 5.70 Å². The fourth-order valence-corrected chi connectivity index (χ4v) is 6.76.